The third-order valence-electron chi connectivity index (χ3n) is 4.66. The number of aryl methyl sites for hydroxylation is 1. The van der Waals surface area contributed by atoms with Crippen LogP contribution in [0.25, 0.3) is 10.9 Å². The van der Waals surface area contributed by atoms with Crippen LogP contribution in [0.2, 0.25) is 0 Å². The molecule has 0 aliphatic rings. The number of hydrogen-bond donors (Lipinski definition) is 0. The minimum Gasteiger partial charge on any atom is -0.343 e. The highest BCUT2D eigenvalue weighted by Gasteiger charge is 2.13. The SMILES string of the molecule is Cc1ccc(C(=O)C[n+]2ccc3c(ccn3Cc3ccccc3)c2)cc1. The number of benzene rings is 2. The number of carbonyl (C=O) groups excluding carboxylic acids is 1. The molecular weight excluding hydrogens is 320 g/mol. The van der Waals surface area contributed by atoms with E-state index in [1.807, 2.05) is 54.2 Å². The minimum atomic E-state index is 0.123. The molecule has 4 rings (SSSR count). The molecule has 0 unspecified atom stereocenters. The average molecular weight is 341 g/mol. The zero-order valence-electron chi connectivity index (χ0n) is 14.8. The molecular formula is C23H21N2O+. The second-order valence-electron chi connectivity index (χ2n) is 6.68. The maximum absolute atomic E-state index is 12.5. The maximum atomic E-state index is 12.5. The molecule has 2 aromatic carbocycles. The summed E-state index contributed by atoms with van der Waals surface area (Å²) in [5, 5.41) is 1.14. The first-order chi connectivity index (χ1) is 12.7. The second kappa shape index (κ2) is 6.96. The highest BCUT2D eigenvalue weighted by atomic mass is 16.1. The van der Waals surface area contributed by atoms with Gasteiger partial charge in [0.15, 0.2) is 12.4 Å². The van der Waals surface area contributed by atoms with Gasteiger partial charge in [0.1, 0.15) is 0 Å². The van der Waals surface area contributed by atoms with E-state index in [2.05, 4.69) is 47.2 Å². The van der Waals surface area contributed by atoms with E-state index in [4.69, 9.17) is 0 Å². The van der Waals surface area contributed by atoms with E-state index >= 15 is 0 Å². The lowest BCUT2D eigenvalue weighted by Crippen LogP contribution is -2.37. The average Bonchev–Trinajstić information content (AvgIpc) is 3.05. The predicted octanol–water partition coefficient (Wildman–Crippen LogP) is 4.17. The predicted molar refractivity (Wildman–Crippen MR) is 103 cm³/mol. The molecule has 3 heteroatoms. The zero-order valence-corrected chi connectivity index (χ0v) is 14.8. The highest BCUT2D eigenvalue weighted by molar-refractivity contribution is 5.95. The number of fused-ring (bicyclic) bond motifs is 1. The van der Waals surface area contributed by atoms with Crippen molar-refractivity contribution >= 4 is 16.7 Å². The first-order valence-electron chi connectivity index (χ1n) is 8.81. The molecule has 0 bridgehead atoms. The van der Waals surface area contributed by atoms with Crippen LogP contribution in [0.4, 0.5) is 0 Å². The van der Waals surface area contributed by atoms with Crippen molar-refractivity contribution < 1.29 is 9.36 Å². The Morgan fingerprint density at radius 2 is 1.73 bits per heavy atom. The summed E-state index contributed by atoms with van der Waals surface area (Å²) in [4.78, 5) is 12.5. The number of ketones is 1. The molecule has 0 saturated carbocycles. The van der Waals surface area contributed by atoms with Crippen molar-refractivity contribution in [3.8, 4) is 0 Å². The second-order valence-corrected chi connectivity index (χ2v) is 6.68. The summed E-state index contributed by atoms with van der Waals surface area (Å²) >= 11 is 0. The van der Waals surface area contributed by atoms with Gasteiger partial charge >= 0.3 is 0 Å². The van der Waals surface area contributed by atoms with Crippen LogP contribution < -0.4 is 4.57 Å². The molecule has 2 heterocycles. The molecule has 0 radical (unpaired) electrons. The van der Waals surface area contributed by atoms with Crippen molar-refractivity contribution in [3.63, 3.8) is 0 Å². The van der Waals surface area contributed by atoms with E-state index in [9.17, 15) is 4.79 Å². The molecule has 128 valence electrons. The Morgan fingerprint density at radius 3 is 2.50 bits per heavy atom. The molecule has 0 saturated heterocycles. The van der Waals surface area contributed by atoms with Gasteiger partial charge in [-0.1, -0.05) is 60.2 Å². The van der Waals surface area contributed by atoms with Gasteiger partial charge in [0.25, 0.3) is 0 Å². The third kappa shape index (κ3) is 3.42. The van der Waals surface area contributed by atoms with Crippen molar-refractivity contribution in [2.75, 3.05) is 0 Å². The molecule has 0 spiro atoms. The van der Waals surface area contributed by atoms with Gasteiger partial charge in [-0.15, -0.1) is 0 Å². The van der Waals surface area contributed by atoms with Gasteiger partial charge in [0, 0.05) is 24.4 Å². The fraction of sp³-hybridized carbons (Fsp3) is 0.130. The highest BCUT2D eigenvalue weighted by Crippen LogP contribution is 2.15. The molecule has 0 fully saturated rings. The van der Waals surface area contributed by atoms with Gasteiger partial charge in [0.2, 0.25) is 12.3 Å². The molecule has 3 nitrogen and oxygen atoms in total. The Balaban J connectivity index is 1.55. The Bertz CT molecular complexity index is 1050. The Morgan fingerprint density at radius 1 is 0.962 bits per heavy atom. The number of carbonyl (C=O) groups is 1. The summed E-state index contributed by atoms with van der Waals surface area (Å²) in [6.45, 7) is 3.22. The smallest absolute Gasteiger partial charge is 0.227 e. The van der Waals surface area contributed by atoms with Gasteiger partial charge in [-0.2, -0.15) is 4.57 Å². The molecule has 0 N–H and O–H groups in total. The maximum Gasteiger partial charge on any atom is 0.227 e. The third-order valence-corrected chi connectivity index (χ3v) is 4.66. The van der Waals surface area contributed by atoms with Crippen LogP contribution in [0.3, 0.4) is 0 Å². The lowest BCUT2D eigenvalue weighted by molar-refractivity contribution is -0.681. The standard InChI is InChI=1S/C23H21N2O/c1-18-7-9-20(10-8-18)23(26)17-24-13-12-22-21(16-24)11-14-25(22)15-19-5-3-2-4-6-19/h2-14,16H,15,17H2,1H3/q+1. The normalized spacial score (nSPS) is 11.0. The fourth-order valence-electron chi connectivity index (χ4n) is 3.20. The lowest BCUT2D eigenvalue weighted by atomic mass is 10.1. The molecule has 26 heavy (non-hydrogen) atoms. The quantitative estimate of drug-likeness (QED) is 0.395. The van der Waals surface area contributed by atoms with E-state index in [0.717, 1.165) is 23.1 Å². The monoisotopic (exact) mass is 341 g/mol. The van der Waals surface area contributed by atoms with Gasteiger partial charge in [0.05, 0.1) is 10.9 Å². The molecule has 0 amide bonds. The minimum absolute atomic E-state index is 0.123. The van der Waals surface area contributed by atoms with Gasteiger partial charge in [-0.3, -0.25) is 4.79 Å². The van der Waals surface area contributed by atoms with Crippen molar-refractivity contribution in [2.45, 2.75) is 20.0 Å². The molecule has 4 aromatic rings. The van der Waals surface area contributed by atoms with Gasteiger partial charge in [-0.05, 0) is 18.6 Å². The topological polar surface area (TPSA) is 25.9 Å². The number of hydrogen-bond acceptors (Lipinski definition) is 1. The lowest BCUT2D eigenvalue weighted by Gasteiger charge is -2.05. The summed E-state index contributed by atoms with van der Waals surface area (Å²) in [6.07, 6.45) is 6.13. The molecule has 0 aliphatic heterocycles. The summed E-state index contributed by atoms with van der Waals surface area (Å²) in [5.41, 5.74) is 4.37. The molecule has 2 aromatic heterocycles. The summed E-state index contributed by atoms with van der Waals surface area (Å²) in [7, 11) is 0. The van der Waals surface area contributed by atoms with E-state index in [1.165, 1.54) is 11.1 Å². The number of pyridine rings is 1. The van der Waals surface area contributed by atoms with E-state index in [1.54, 1.807) is 0 Å². The molecule has 0 aliphatic carbocycles. The Hall–Kier alpha value is -3.20. The van der Waals surface area contributed by atoms with E-state index < -0.39 is 0 Å². The van der Waals surface area contributed by atoms with Crippen molar-refractivity contribution in [1.29, 1.82) is 0 Å². The first kappa shape index (κ1) is 16.3. The first-order valence-corrected chi connectivity index (χ1v) is 8.81. The number of aromatic nitrogens is 2. The van der Waals surface area contributed by atoms with Crippen molar-refractivity contribution in [3.05, 3.63) is 102 Å². The van der Waals surface area contributed by atoms with Crippen LogP contribution in [0.1, 0.15) is 21.5 Å². The van der Waals surface area contributed by atoms with Gasteiger partial charge < -0.3 is 4.57 Å². The molecule has 0 atom stereocenters. The van der Waals surface area contributed by atoms with E-state index in [0.29, 0.717) is 6.54 Å². The van der Waals surface area contributed by atoms with Crippen LogP contribution in [0.5, 0.6) is 0 Å². The number of rotatable bonds is 5. The summed E-state index contributed by atoms with van der Waals surface area (Å²) < 4.78 is 4.19. The fourth-order valence-corrected chi connectivity index (χ4v) is 3.20. The van der Waals surface area contributed by atoms with Crippen LogP contribution in [0.15, 0.2) is 85.3 Å². The van der Waals surface area contributed by atoms with Gasteiger partial charge in [-0.25, -0.2) is 0 Å². The number of nitrogens with zero attached hydrogens (tertiary/aromatic N) is 2. The van der Waals surface area contributed by atoms with Crippen LogP contribution in [0, 0.1) is 6.92 Å². The van der Waals surface area contributed by atoms with Crippen LogP contribution in [-0.4, -0.2) is 10.4 Å². The Kier molecular flexibility index (Phi) is 4.36. The van der Waals surface area contributed by atoms with Crippen molar-refractivity contribution in [2.24, 2.45) is 0 Å². The Labute approximate surface area is 153 Å². The largest absolute Gasteiger partial charge is 0.343 e. The van der Waals surface area contributed by atoms with Crippen LogP contribution in [-0.2, 0) is 13.1 Å². The summed E-state index contributed by atoms with van der Waals surface area (Å²) in [5.74, 6) is 0.123. The van der Waals surface area contributed by atoms with E-state index in [-0.39, 0.29) is 5.78 Å². The number of Topliss-reactive ketones (excluding diaryl/α,β-unsaturated/α-hetero) is 1. The zero-order chi connectivity index (χ0) is 17.9. The van der Waals surface area contributed by atoms with Crippen LogP contribution >= 0.6 is 0 Å². The van der Waals surface area contributed by atoms with Crippen molar-refractivity contribution in [1.82, 2.24) is 4.57 Å². The summed E-state index contributed by atoms with van der Waals surface area (Å²) in [6, 6.07) is 22.4.